The smallest absolute Gasteiger partial charge is 0.353 e. The van der Waals surface area contributed by atoms with Crippen molar-refractivity contribution in [2.24, 2.45) is 0 Å². The Labute approximate surface area is 170 Å². The van der Waals surface area contributed by atoms with Crippen LogP contribution < -0.4 is 10.6 Å². The van der Waals surface area contributed by atoms with E-state index >= 15 is 0 Å². The zero-order chi connectivity index (χ0) is 20.8. The first-order chi connectivity index (χ1) is 14.0. The zero-order valence-electron chi connectivity index (χ0n) is 15.3. The second-order valence-electron chi connectivity index (χ2n) is 5.85. The maximum atomic E-state index is 11.6. The van der Waals surface area contributed by atoms with Gasteiger partial charge in [0, 0.05) is 17.3 Å². The number of benzene rings is 2. The fourth-order valence-corrected chi connectivity index (χ4v) is 2.63. The highest BCUT2D eigenvalue weighted by molar-refractivity contribution is 6.30. The molecule has 1 aromatic heterocycles. The molecule has 0 aliphatic carbocycles. The summed E-state index contributed by atoms with van der Waals surface area (Å²) in [5.74, 6) is -0.374. The Morgan fingerprint density at radius 1 is 1.10 bits per heavy atom. The fourth-order valence-electron chi connectivity index (χ4n) is 2.50. The monoisotopic (exact) mass is 413 g/mol. The first-order valence-electron chi connectivity index (χ1n) is 8.41. The van der Waals surface area contributed by atoms with Gasteiger partial charge in [0.2, 0.25) is 11.6 Å². The minimum atomic E-state index is -0.560. The van der Waals surface area contributed by atoms with Crippen molar-refractivity contribution in [2.45, 2.75) is 6.54 Å². The highest BCUT2D eigenvalue weighted by Crippen LogP contribution is 2.31. The van der Waals surface area contributed by atoms with Crippen molar-refractivity contribution < 1.29 is 14.5 Å². The molecule has 0 atom stereocenters. The molecule has 0 fully saturated rings. The highest BCUT2D eigenvalue weighted by atomic mass is 35.5. The average molecular weight is 414 g/mol. The molecular formula is C19H16ClN5O4. The summed E-state index contributed by atoms with van der Waals surface area (Å²) in [5.41, 5.74) is 1.47. The predicted molar refractivity (Wildman–Crippen MR) is 109 cm³/mol. The molecule has 3 rings (SSSR count). The molecule has 29 heavy (non-hydrogen) atoms. The van der Waals surface area contributed by atoms with Crippen molar-refractivity contribution in [3.63, 3.8) is 0 Å². The van der Waals surface area contributed by atoms with Gasteiger partial charge in [-0.1, -0.05) is 23.7 Å². The number of ether oxygens (including phenoxy) is 1. The lowest BCUT2D eigenvalue weighted by Crippen LogP contribution is -2.08. The van der Waals surface area contributed by atoms with Crippen LogP contribution in [-0.4, -0.2) is 28.0 Å². The van der Waals surface area contributed by atoms with Crippen molar-refractivity contribution >= 4 is 40.6 Å². The van der Waals surface area contributed by atoms with E-state index in [1.54, 1.807) is 36.4 Å². The van der Waals surface area contributed by atoms with Gasteiger partial charge >= 0.3 is 11.7 Å². The normalized spacial score (nSPS) is 10.3. The van der Waals surface area contributed by atoms with E-state index in [2.05, 4.69) is 25.3 Å². The van der Waals surface area contributed by atoms with Crippen LogP contribution in [0.1, 0.15) is 15.9 Å². The van der Waals surface area contributed by atoms with Crippen LogP contribution in [0.4, 0.5) is 23.0 Å². The minimum absolute atomic E-state index is 0.0226. The van der Waals surface area contributed by atoms with Gasteiger partial charge in [0.25, 0.3) is 0 Å². The Bertz CT molecular complexity index is 1030. The van der Waals surface area contributed by atoms with Crippen LogP contribution in [0.3, 0.4) is 0 Å². The molecule has 0 saturated carbocycles. The lowest BCUT2D eigenvalue weighted by Gasteiger charge is -2.10. The quantitative estimate of drug-likeness (QED) is 0.336. The maximum Gasteiger partial charge on any atom is 0.353 e. The lowest BCUT2D eigenvalue weighted by molar-refractivity contribution is -0.383. The third-order valence-corrected chi connectivity index (χ3v) is 4.20. The van der Waals surface area contributed by atoms with Crippen molar-refractivity contribution in [3.05, 3.63) is 81.1 Å². The molecule has 10 heteroatoms. The highest BCUT2D eigenvalue weighted by Gasteiger charge is 2.23. The first kappa shape index (κ1) is 20.0. The lowest BCUT2D eigenvalue weighted by atomic mass is 10.2. The Morgan fingerprint density at radius 3 is 2.38 bits per heavy atom. The maximum absolute atomic E-state index is 11.6. The predicted octanol–water partition coefficient (Wildman–Crippen LogP) is 4.18. The minimum Gasteiger partial charge on any atom is -0.465 e. The molecule has 0 spiro atoms. The number of hydrogen-bond donors (Lipinski definition) is 2. The van der Waals surface area contributed by atoms with Gasteiger partial charge in [-0.15, -0.1) is 0 Å². The van der Waals surface area contributed by atoms with E-state index in [-0.39, 0.29) is 17.3 Å². The number of rotatable bonds is 7. The molecule has 0 bridgehead atoms. The Kier molecular flexibility index (Phi) is 6.20. The molecule has 9 nitrogen and oxygen atoms in total. The Hall–Kier alpha value is -3.72. The van der Waals surface area contributed by atoms with Crippen LogP contribution in [-0.2, 0) is 11.3 Å². The Balaban J connectivity index is 1.81. The fraction of sp³-hybridized carbons (Fsp3) is 0.105. The number of aromatic nitrogens is 2. The van der Waals surface area contributed by atoms with E-state index < -0.39 is 10.9 Å². The third-order valence-electron chi connectivity index (χ3n) is 3.95. The van der Waals surface area contributed by atoms with Gasteiger partial charge in [-0.2, -0.15) is 0 Å². The summed E-state index contributed by atoms with van der Waals surface area (Å²) in [7, 11) is 1.29. The molecule has 0 aliphatic rings. The summed E-state index contributed by atoms with van der Waals surface area (Å²) < 4.78 is 4.65. The number of anilines is 3. The molecule has 148 valence electrons. The molecule has 2 aromatic carbocycles. The van der Waals surface area contributed by atoms with E-state index in [1.165, 1.54) is 13.4 Å². The molecule has 0 saturated heterocycles. The molecule has 0 aliphatic heterocycles. The second-order valence-corrected chi connectivity index (χ2v) is 6.29. The van der Waals surface area contributed by atoms with Crippen LogP contribution in [0.15, 0.2) is 54.9 Å². The van der Waals surface area contributed by atoms with Gasteiger partial charge in [0.15, 0.2) is 0 Å². The topological polar surface area (TPSA) is 119 Å². The van der Waals surface area contributed by atoms with E-state index in [4.69, 9.17) is 11.6 Å². The van der Waals surface area contributed by atoms with Gasteiger partial charge in [0.05, 0.1) is 17.6 Å². The number of halogens is 1. The van der Waals surface area contributed by atoms with Crippen molar-refractivity contribution in [3.8, 4) is 0 Å². The standard InChI is InChI=1S/C19H16ClN5O4/c1-29-19(26)13-4-8-15(9-5-13)24-18-16(25(27)28)17(22-11-23-18)21-10-12-2-6-14(20)7-3-12/h2-9,11H,10H2,1H3,(H2,21,22,23,24). The van der Waals surface area contributed by atoms with Crippen molar-refractivity contribution in [1.82, 2.24) is 9.97 Å². The van der Waals surface area contributed by atoms with Gasteiger partial charge in [-0.05, 0) is 42.0 Å². The first-order valence-corrected chi connectivity index (χ1v) is 8.79. The van der Waals surface area contributed by atoms with Crippen molar-refractivity contribution in [2.75, 3.05) is 17.7 Å². The number of nitrogens with one attached hydrogen (secondary N) is 2. The molecule has 0 amide bonds. The molecule has 2 N–H and O–H groups in total. The summed E-state index contributed by atoms with van der Waals surface area (Å²) in [6.07, 6.45) is 1.22. The zero-order valence-corrected chi connectivity index (χ0v) is 16.0. The summed E-state index contributed by atoms with van der Waals surface area (Å²) in [5, 5.41) is 18.1. The van der Waals surface area contributed by atoms with Crippen molar-refractivity contribution in [1.29, 1.82) is 0 Å². The molecule has 3 aromatic rings. The van der Waals surface area contributed by atoms with Gasteiger partial charge in [-0.3, -0.25) is 10.1 Å². The number of nitrogens with zero attached hydrogens (tertiary/aromatic N) is 3. The largest absolute Gasteiger partial charge is 0.465 e. The number of methoxy groups -OCH3 is 1. The van der Waals surface area contributed by atoms with E-state index in [0.29, 0.717) is 22.8 Å². The summed E-state index contributed by atoms with van der Waals surface area (Å²) >= 11 is 5.86. The number of nitro groups is 1. The second kappa shape index (κ2) is 8.98. The third kappa shape index (κ3) is 4.96. The SMILES string of the molecule is COC(=O)c1ccc(Nc2ncnc(NCc3ccc(Cl)cc3)c2[N+](=O)[O-])cc1. The van der Waals surface area contributed by atoms with Crippen LogP contribution >= 0.6 is 11.6 Å². The van der Waals surface area contributed by atoms with Crippen LogP contribution in [0.5, 0.6) is 0 Å². The molecule has 0 unspecified atom stereocenters. The van der Waals surface area contributed by atoms with Crippen LogP contribution in [0, 0.1) is 10.1 Å². The van der Waals surface area contributed by atoms with Gasteiger partial charge in [-0.25, -0.2) is 14.8 Å². The summed E-state index contributed by atoms with van der Waals surface area (Å²) in [6.45, 7) is 0.322. The molecule has 1 heterocycles. The molecule has 0 radical (unpaired) electrons. The van der Waals surface area contributed by atoms with Crippen LogP contribution in [0.2, 0.25) is 5.02 Å². The number of hydrogen-bond acceptors (Lipinski definition) is 8. The average Bonchev–Trinajstić information content (AvgIpc) is 2.73. The van der Waals surface area contributed by atoms with Gasteiger partial charge < -0.3 is 15.4 Å². The number of carbonyl (C=O) groups excluding carboxylic acids is 1. The summed E-state index contributed by atoms with van der Waals surface area (Å²) in [4.78, 5) is 30.6. The van der Waals surface area contributed by atoms with Gasteiger partial charge in [0.1, 0.15) is 6.33 Å². The summed E-state index contributed by atoms with van der Waals surface area (Å²) in [6, 6.07) is 13.4. The van der Waals surface area contributed by atoms with E-state index in [0.717, 1.165) is 5.56 Å². The molecular weight excluding hydrogens is 398 g/mol. The van der Waals surface area contributed by atoms with E-state index in [9.17, 15) is 14.9 Å². The van der Waals surface area contributed by atoms with E-state index in [1.807, 2.05) is 12.1 Å². The van der Waals surface area contributed by atoms with Crippen LogP contribution in [0.25, 0.3) is 0 Å². The number of carbonyl (C=O) groups is 1. The number of esters is 1. The Morgan fingerprint density at radius 2 is 1.76 bits per heavy atom.